The number of guanidine groups is 1. The van der Waals surface area contributed by atoms with Crippen LogP contribution in [0.1, 0.15) is 36.3 Å². The minimum Gasteiger partial charge on any atom is -0.376 e. The number of benzene rings is 2. The summed E-state index contributed by atoms with van der Waals surface area (Å²) in [5, 5.41) is 6.83. The van der Waals surface area contributed by atoms with E-state index < -0.39 is 0 Å². The van der Waals surface area contributed by atoms with E-state index >= 15 is 0 Å². The molecule has 2 aromatic carbocycles. The largest absolute Gasteiger partial charge is 0.376 e. The number of halogens is 1. The van der Waals surface area contributed by atoms with Gasteiger partial charge in [0.15, 0.2) is 5.96 Å². The molecule has 27 heavy (non-hydrogen) atoms. The van der Waals surface area contributed by atoms with E-state index in [2.05, 4.69) is 76.3 Å². The number of hydrogen-bond donors (Lipinski definition) is 2. The van der Waals surface area contributed by atoms with E-state index in [-0.39, 0.29) is 24.0 Å². The lowest BCUT2D eigenvalue weighted by molar-refractivity contribution is 0.114. The van der Waals surface area contributed by atoms with E-state index in [4.69, 9.17) is 4.74 Å². The van der Waals surface area contributed by atoms with Crippen LogP contribution in [0.5, 0.6) is 0 Å². The Morgan fingerprint density at radius 3 is 2.19 bits per heavy atom. The van der Waals surface area contributed by atoms with Gasteiger partial charge in [-0.1, -0.05) is 60.7 Å². The predicted octanol–water partition coefficient (Wildman–Crippen LogP) is 4.17. The van der Waals surface area contributed by atoms with E-state index in [1.54, 1.807) is 0 Å². The maximum atomic E-state index is 5.66. The standard InChI is InChI=1S/C22H29N3O.HI/c1-23-22(25-17-20-13-8-16-26-20)24-15-14-21(18-9-4-2-5-10-18)19-11-6-3-7-12-19;/h2-7,9-12,20-21H,8,13-17H2,1H3,(H2,23,24,25);1H. The fraction of sp³-hybridized carbons (Fsp3) is 0.409. The Hall–Kier alpha value is -1.60. The molecule has 0 aromatic heterocycles. The smallest absolute Gasteiger partial charge is 0.191 e. The maximum absolute atomic E-state index is 5.66. The van der Waals surface area contributed by atoms with Crippen molar-refractivity contribution < 1.29 is 4.74 Å². The van der Waals surface area contributed by atoms with Gasteiger partial charge in [-0.2, -0.15) is 0 Å². The van der Waals surface area contributed by atoms with Crippen molar-refractivity contribution in [2.24, 2.45) is 4.99 Å². The molecule has 2 N–H and O–H groups in total. The Bertz CT molecular complexity index is 633. The molecule has 4 nitrogen and oxygen atoms in total. The monoisotopic (exact) mass is 479 g/mol. The van der Waals surface area contributed by atoms with Crippen LogP contribution in [-0.2, 0) is 4.74 Å². The summed E-state index contributed by atoms with van der Waals surface area (Å²) in [6.45, 7) is 2.56. The Morgan fingerprint density at radius 1 is 1.04 bits per heavy atom. The molecule has 2 aromatic rings. The minimum atomic E-state index is 0. The van der Waals surface area contributed by atoms with Gasteiger partial charge >= 0.3 is 0 Å². The molecule has 0 bridgehead atoms. The van der Waals surface area contributed by atoms with Gasteiger partial charge in [0.25, 0.3) is 0 Å². The second-order valence-electron chi connectivity index (χ2n) is 6.68. The third-order valence-corrected chi connectivity index (χ3v) is 4.87. The third-order valence-electron chi connectivity index (χ3n) is 4.87. The van der Waals surface area contributed by atoms with Gasteiger partial charge in [0.2, 0.25) is 0 Å². The third kappa shape index (κ3) is 6.81. The molecule has 1 atom stereocenters. The lowest BCUT2D eigenvalue weighted by Gasteiger charge is -2.20. The van der Waals surface area contributed by atoms with Crippen LogP contribution in [0, 0.1) is 0 Å². The van der Waals surface area contributed by atoms with Crippen LogP contribution in [-0.4, -0.2) is 38.8 Å². The van der Waals surface area contributed by atoms with Gasteiger partial charge in [-0.25, -0.2) is 0 Å². The fourth-order valence-corrected chi connectivity index (χ4v) is 3.47. The number of aliphatic imine (C=N–C) groups is 1. The van der Waals surface area contributed by atoms with Gasteiger partial charge in [0, 0.05) is 32.7 Å². The quantitative estimate of drug-likeness (QED) is 0.356. The summed E-state index contributed by atoms with van der Waals surface area (Å²) in [4.78, 5) is 4.33. The number of hydrogen-bond acceptors (Lipinski definition) is 2. The first-order chi connectivity index (χ1) is 12.9. The Balaban J connectivity index is 0.00000261. The topological polar surface area (TPSA) is 45.7 Å². The molecule has 0 radical (unpaired) electrons. The van der Waals surface area contributed by atoms with Crippen molar-refractivity contribution in [3.8, 4) is 0 Å². The predicted molar refractivity (Wildman–Crippen MR) is 123 cm³/mol. The number of nitrogens with one attached hydrogen (secondary N) is 2. The van der Waals surface area contributed by atoms with E-state index in [1.165, 1.54) is 11.1 Å². The molecule has 146 valence electrons. The molecule has 0 amide bonds. The number of rotatable bonds is 7. The van der Waals surface area contributed by atoms with E-state index in [0.29, 0.717) is 12.0 Å². The van der Waals surface area contributed by atoms with Crippen LogP contribution in [0.15, 0.2) is 65.7 Å². The van der Waals surface area contributed by atoms with Gasteiger partial charge in [0.1, 0.15) is 0 Å². The first kappa shape index (κ1) is 21.7. The summed E-state index contributed by atoms with van der Waals surface area (Å²) in [7, 11) is 1.82. The van der Waals surface area contributed by atoms with Crippen molar-refractivity contribution in [2.75, 3.05) is 26.7 Å². The molecule has 1 aliphatic rings. The Labute approximate surface area is 179 Å². The highest BCUT2D eigenvalue weighted by Crippen LogP contribution is 2.27. The zero-order valence-corrected chi connectivity index (χ0v) is 18.3. The molecular formula is C22H30IN3O. The second kappa shape index (κ2) is 12.0. The second-order valence-corrected chi connectivity index (χ2v) is 6.68. The Morgan fingerprint density at radius 2 is 1.67 bits per heavy atom. The van der Waals surface area contributed by atoms with Crippen LogP contribution < -0.4 is 10.6 Å². The van der Waals surface area contributed by atoms with Gasteiger partial charge in [-0.3, -0.25) is 4.99 Å². The van der Waals surface area contributed by atoms with Crippen molar-refractivity contribution in [3.05, 3.63) is 71.8 Å². The zero-order chi connectivity index (χ0) is 18.0. The molecule has 1 heterocycles. The number of ether oxygens (including phenoxy) is 1. The van der Waals surface area contributed by atoms with Crippen molar-refractivity contribution in [1.82, 2.24) is 10.6 Å². The molecule has 1 aliphatic heterocycles. The summed E-state index contributed by atoms with van der Waals surface area (Å²) in [6, 6.07) is 21.4. The van der Waals surface area contributed by atoms with Crippen LogP contribution in [0.25, 0.3) is 0 Å². The molecule has 0 aliphatic carbocycles. The average molecular weight is 479 g/mol. The lowest BCUT2D eigenvalue weighted by atomic mass is 9.88. The summed E-state index contributed by atoms with van der Waals surface area (Å²) < 4.78 is 5.66. The van der Waals surface area contributed by atoms with Gasteiger partial charge < -0.3 is 15.4 Å². The molecular weight excluding hydrogens is 449 g/mol. The van der Waals surface area contributed by atoms with E-state index in [0.717, 1.165) is 44.9 Å². The highest BCUT2D eigenvalue weighted by molar-refractivity contribution is 14.0. The SMILES string of the molecule is CN=C(NCCC(c1ccccc1)c1ccccc1)NCC1CCCO1.I. The van der Waals surface area contributed by atoms with Crippen molar-refractivity contribution in [3.63, 3.8) is 0 Å². The molecule has 5 heteroatoms. The highest BCUT2D eigenvalue weighted by atomic mass is 127. The van der Waals surface area contributed by atoms with Gasteiger partial charge in [-0.15, -0.1) is 24.0 Å². The molecule has 0 spiro atoms. The molecule has 1 fully saturated rings. The molecule has 0 saturated carbocycles. The lowest BCUT2D eigenvalue weighted by Crippen LogP contribution is -2.41. The molecule has 1 saturated heterocycles. The van der Waals surface area contributed by atoms with Crippen molar-refractivity contribution >= 4 is 29.9 Å². The minimum absolute atomic E-state index is 0. The fourth-order valence-electron chi connectivity index (χ4n) is 3.47. The molecule has 1 unspecified atom stereocenters. The maximum Gasteiger partial charge on any atom is 0.191 e. The normalized spacial score (nSPS) is 16.8. The van der Waals surface area contributed by atoms with Crippen LogP contribution in [0.4, 0.5) is 0 Å². The van der Waals surface area contributed by atoms with Crippen molar-refractivity contribution in [2.45, 2.75) is 31.3 Å². The van der Waals surface area contributed by atoms with Gasteiger partial charge in [-0.05, 0) is 30.4 Å². The average Bonchev–Trinajstić information content (AvgIpc) is 3.22. The first-order valence-corrected chi connectivity index (χ1v) is 9.53. The zero-order valence-electron chi connectivity index (χ0n) is 15.9. The molecule has 3 rings (SSSR count). The van der Waals surface area contributed by atoms with Crippen LogP contribution >= 0.6 is 24.0 Å². The highest BCUT2D eigenvalue weighted by Gasteiger charge is 2.16. The first-order valence-electron chi connectivity index (χ1n) is 9.53. The van der Waals surface area contributed by atoms with Crippen LogP contribution in [0.2, 0.25) is 0 Å². The summed E-state index contributed by atoms with van der Waals surface area (Å²) >= 11 is 0. The van der Waals surface area contributed by atoms with Gasteiger partial charge in [0.05, 0.1) is 6.10 Å². The summed E-state index contributed by atoms with van der Waals surface area (Å²) in [5.41, 5.74) is 2.70. The summed E-state index contributed by atoms with van der Waals surface area (Å²) in [5.74, 6) is 1.22. The van der Waals surface area contributed by atoms with E-state index in [1.807, 2.05) is 7.05 Å². The Kier molecular flexibility index (Phi) is 9.62. The van der Waals surface area contributed by atoms with E-state index in [9.17, 15) is 0 Å². The van der Waals surface area contributed by atoms with Crippen molar-refractivity contribution in [1.29, 1.82) is 0 Å². The van der Waals surface area contributed by atoms with Crippen LogP contribution in [0.3, 0.4) is 0 Å². The summed E-state index contributed by atoms with van der Waals surface area (Å²) in [6.07, 6.45) is 3.62. The number of nitrogens with zero attached hydrogens (tertiary/aromatic N) is 1.